The lowest BCUT2D eigenvalue weighted by molar-refractivity contribution is 0.101. The van der Waals surface area contributed by atoms with E-state index in [0.717, 1.165) is 5.52 Å². The van der Waals surface area contributed by atoms with Gasteiger partial charge in [0.2, 0.25) is 0 Å². The molecule has 0 spiro atoms. The highest BCUT2D eigenvalue weighted by atomic mass is 16.3. The lowest BCUT2D eigenvalue weighted by Crippen LogP contribution is -1.92. The number of fused-ring (bicyclic) bond motifs is 1. The lowest BCUT2D eigenvalue weighted by atomic mass is 10.1. The standard InChI is InChI=1S/C9H8N2O2/c1-5(12)9-7-4-6(13)2-3-8(7)10-11-9/h2-4,13H,1H3,(H,10,11). The number of ketones is 1. The molecule has 0 saturated heterocycles. The van der Waals surface area contributed by atoms with Gasteiger partial charge in [0, 0.05) is 12.3 Å². The minimum absolute atomic E-state index is 0.114. The first kappa shape index (κ1) is 7.79. The first-order chi connectivity index (χ1) is 6.18. The third-order valence-electron chi connectivity index (χ3n) is 1.88. The number of nitrogens with zero attached hydrogens (tertiary/aromatic N) is 1. The fourth-order valence-electron chi connectivity index (χ4n) is 1.27. The lowest BCUT2D eigenvalue weighted by Gasteiger charge is -1.92. The number of aromatic hydroxyl groups is 1. The maximum Gasteiger partial charge on any atom is 0.180 e. The van der Waals surface area contributed by atoms with Gasteiger partial charge in [-0.15, -0.1) is 0 Å². The van der Waals surface area contributed by atoms with Crippen molar-refractivity contribution in [3.05, 3.63) is 23.9 Å². The maximum absolute atomic E-state index is 11.1. The predicted molar refractivity (Wildman–Crippen MR) is 47.8 cm³/mol. The fraction of sp³-hybridized carbons (Fsp3) is 0.111. The van der Waals surface area contributed by atoms with Crippen molar-refractivity contribution in [1.29, 1.82) is 0 Å². The number of carbonyl (C=O) groups excluding carboxylic acids is 1. The van der Waals surface area contributed by atoms with E-state index in [0.29, 0.717) is 11.1 Å². The molecule has 13 heavy (non-hydrogen) atoms. The largest absolute Gasteiger partial charge is 0.508 e. The second-order valence-electron chi connectivity index (χ2n) is 2.86. The Bertz CT molecular complexity index is 473. The van der Waals surface area contributed by atoms with Crippen molar-refractivity contribution in [3.63, 3.8) is 0 Å². The molecule has 1 aromatic heterocycles. The fourth-order valence-corrected chi connectivity index (χ4v) is 1.27. The van der Waals surface area contributed by atoms with Crippen LogP contribution in [0.4, 0.5) is 0 Å². The molecule has 2 aromatic rings. The number of phenolic OH excluding ortho intramolecular Hbond substituents is 1. The Morgan fingerprint density at radius 2 is 2.31 bits per heavy atom. The van der Waals surface area contributed by atoms with Gasteiger partial charge in [-0.2, -0.15) is 5.10 Å². The van der Waals surface area contributed by atoms with Gasteiger partial charge in [0.15, 0.2) is 5.78 Å². The number of hydrogen-bond acceptors (Lipinski definition) is 3. The van der Waals surface area contributed by atoms with E-state index in [4.69, 9.17) is 0 Å². The second-order valence-corrected chi connectivity index (χ2v) is 2.86. The molecule has 0 bridgehead atoms. The van der Waals surface area contributed by atoms with E-state index in [-0.39, 0.29) is 11.5 Å². The zero-order valence-corrected chi connectivity index (χ0v) is 7.03. The molecule has 0 atom stereocenters. The average Bonchev–Trinajstić information content (AvgIpc) is 2.46. The molecular formula is C9H8N2O2. The number of aromatic nitrogens is 2. The summed E-state index contributed by atoms with van der Waals surface area (Å²) in [7, 11) is 0. The van der Waals surface area contributed by atoms with Crippen LogP contribution >= 0.6 is 0 Å². The van der Waals surface area contributed by atoms with Crippen LogP contribution in [0.2, 0.25) is 0 Å². The third-order valence-corrected chi connectivity index (χ3v) is 1.88. The third kappa shape index (κ3) is 1.16. The molecule has 0 amide bonds. The summed E-state index contributed by atoms with van der Waals surface area (Å²) < 4.78 is 0. The van der Waals surface area contributed by atoms with Crippen LogP contribution in [-0.4, -0.2) is 21.1 Å². The maximum atomic E-state index is 11.1. The second kappa shape index (κ2) is 2.58. The van der Waals surface area contributed by atoms with Crippen LogP contribution in [0.1, 0.15) is 17.4 Å². The average molecular weight is 176 g/mol. The molecule has 0 unspecified atom stereocenters. The van der Waals surface area contributed by atoms with Gasteiger partial charge in [0.1, 0.15) is 11.4 Å². The van der Waals surface area contributed by atoms with Gasteiger partial charge >= 0.3 is 0 Å². The van der Waals surface area contributed by atoms with Crippen LogP contribution in [0.15, 0.2) is 18.2 Å². The number of Topliss-reactive ketones (excluding diaryl/α,β-unsaturated/α-hetero) is 1. The van der Waals surface area contributed by atoms with Gasteiger partial charge in [0.25, 0.3) is 0 Å². The van der Waals surface area contributed by atoms with E-state index < -0.39 is 0 Å². The topological polar surface area (TPSA) is 66.0 Å². The van der Waals surface area contributed by atoms with Gasteiger partial charge in [0.05, 0.1) is 5.52 Å². The Kier molecular flexibility index (Phi) is 1.55. The van der Waals surface area contributed by atoms with Crippen molar-refractivity contribution >= 4 is 16.7 Å². The van der Waals surface area contributed by atoms with E-state index in [9.17, 15) is 9.90 Å². The molecule has 66 valence electrons. The van der Waals surface area contributed by atoms with E-state index >= 15 is 0 Å². The van der Waals surface area contributed by atoms with Crippen molar-refractivity contribution in [3.8, 4) is 5.75 Å². The number of nitrogens with one attached hydrogen (secondary N) is 1. The number of carbonyl (C=O) groups is 1. The summed E-state index contributed by atoms with van der Waals surface area (Å²) >= 11 is 0. The van der Waals surface area contributed by atoms with Crippen molar-refractivity contribution in [2.45, 2.75) is 6.92 Å². The normalized spacial score (nSPS) is 10.5. The number of H-pyrrole nitrogens is 1. The predicted octanol–water partition coefficient (Wildman–Crippen LogP) is 1.47. The smallest absolute Gasteiger partial charge is 0.180 e. The van der Waals surface area contributed by atoms with E-state index in [1.54, 1.807) is 12.1 Å². The zero-order chi connectivity index (χ0) is 9.42. The van der Waals surface area contributed by atoms with Crippen LogP contribution in [-0.2, 0) is 0 Å². The summed E-state index contributed by atoms with van der Waals surface area (Å²) in [5.41, 5.74) is 1.12. The first-order valence-corrected chi connectivity index (χ1v) is 3.86. The van der Waals surface area contributed by atoms with Crippen LogP contribution in [0.5, 0.6) is 5.75 Å². The van der Waals surface area contributed by atoms with E-state index in [2.05, 4.69) is 10.2 Å². The van der Waals surface area contributed by atoms with Gasteiger partial charge in [-0.1, -0.05) is 0 Å². The minimum Gasteiger partial charge on any atom is -0.508 e. The highest BCUT2D eigenvalue weighted by molar-refractivity contribution is 6.04. The van der Waals surface area contributed by atoms with Crippen LogP contribution in [0.3, 0.4) is 0 Å². The van der Waals surface area contributed by atoms with Gasteiger partial charge < -0.3 is 5.11 Å². The summed E-state index contributed by atoms with van der Waals surface area (Å²) in [6, 6.07) is 4.75. The molecule has 2 rings (SSSR count). The molecule has 4 heteroatoms. The minimum atomic E-state index is -0.114. The monoisotopic (exact) mass is 176 g/mol. The highest BCUT2D eigenvalue weighted by Crippen LogP contribution is 2.21. The molecule has 4 nitrogen and oxygen atoms in total. The molecule has 0 aliphatic carbocycles. The highest BCUT2D eigenvalue weighted by Gasteiger charge is 2.09. The Labute approximate surface area is 74.2 Å². The number of benzene rings is 1. The van der Waals surface area contributed by atoms with Crippen molar-refractivity contribution in [2.24, 2.45) is 0 Å². The SMILES string of the molecule is CC(=O)c1n[nH]c2ccc(O)cc12. The van der Waals surface area contributed by atoms with Crippen LogP contribution in [0.25, 0.3) is 10.9 Å². The van der Waals surface area contributed by atoms with Crippen molar-refractivity contribution in [1.82, 2.24) is 10.2 Å². The summed E-state index contributed by atoms with van der Waals surface area (Å²) in [5, 5.41) is 16.4. The van der Waals surface area contributed by atoms with Crippen molar-refractivity contribution in [2.75, 3.05) is 0 Å². The van der Waals surface area contributed by atoms with Gasteiger partial charge in [-0.3, -0.25) is 9.89 Å². The number of aromatic amines is 1. The Hall–Kier alpha value is -1.84. The molecular weight excluding hydrogens is 168 g/mol. The molecule has 0 fully saturated rings. The summed E-state index contributed by atoms with van der Waals surface area (Å²) in [4.78, 5) is 11.1. The molecule has 0 saturated carbocycles. The van der Waals surface area contributed by atoms with Crippen LogP contribution in [0, 0.1) is 0 Å². The quantitative estimate of drug-likeness (QED) is 0.646. The van der Waals surface area contributed by atoms with Gasteiger partial charge in [-0.05, 0) is 18.2 Å². The summed E-state index contributed by atoms with van der Waals surface area (Å²) in [5.74, 6) is 0.0215. The van der Waals surface area contributed by atoms with Crippen LogP contribution < -0.4 is 0 Å². The molecule has 0 aliphatic heterocycles. The number of hydrogen-bond donors (Lipinski definition) is 2. The zero-order valence-electron chi connectivity index (χ0n) is 7.03. The Morgan fingerprint density at radius 3 is 3.00 bits per heavy atom. The molecule has 0 radical (unpaired) electrons. The summed E-state index contributed by atoms with van der Waals surface area (Å²) in [6.07, 6.45) is 0. The number of phenols is 1. The Balaban J connectivity index is 2.79. The molecule has 1 aromatic carbocycles. The Morgan fingerprint density at radius 1 is 1.54 bits per heavy atom. The van der Waals surface area contributed by atoms with Crippen molar-refractivity contribution < 1.29 is 9.90 Å². The molecule has 2 N–H and O–H groups in total. The van der Waals surface area contributed by atoms with Gasteiger partial charge in [-0.25, -0.2) is 0 Å². The van der Waals surface area contributed by atoms with E-state index in [1.165, 1.54) is 13.0 Å². The molecule has 0 aliphatic rings. The number of rotatable bonds is 1. The van der Waals surface area contributed by atoms with E-state index in [1.807, 2.05) is 0 Å². The molecule has 1 heterocycles. The first-order valence-electron chi connectivity index (χ1n) is 3.86. The summed E-state index contributed by atoms with van der Waals surface area (Å²) in [6.45, 7) is 1.44.